The van der Waals surface area contributed by atoms with Gasteiger partial charge in [-0.15, -0.1) is 0 Å². The van der Waals surface area contributed by atoms with Crippen LogP contribution < -0.4 is 15.2 Å². The highest BCUT2D eigenvalue weighted by Crippen LogP contribution is 2.32. The summed E-state index contributed by atoms with van der Waals surface area (Å²) in [6.07, 6.45) is 3.29. The maximum absolute atomic E-state index is 6.26. The van der Waals surface area contributed by atoms with Gasteiger partial charge >= 0.3 is 0 Å². The lowest BCUT2D eigenvalue weighted by Gasteiger charge is -2.16. The van der Waals surface area contributed by atoms with E-state index in [2.05, 4.69) is 19.1 Å². The van der Waals surface area contributed by atoms with Gasteiger partial charge in [0.25, 0.3) is 0 Å². The molecule has 0 aromatic heterocycles. The van der Waals surface area contributed by atoms with Gasteiger partial charge in [0.2, 0.25) is 0 Å². The summed E-state index contributed by atoms with van der Waals surface area (Å²) in [6.45, 7) is 5.29. The monoisotopic (exact) mass is 313 g/mol. The fourth-order valence-electron chi connectivity index (χ4n) is 2.47. The van der Waals surface area contributed by atoms with Gasteiger partial charge in [0.15, 0.2) is 11.5 Å². The molecule has 0 fully saturated rings. The van der Waals surface area contributed by atoms with Crippen LogP contribution in [0.1, 0.15) is 50.3 Å². The molecular weight excluding hydrogens is 286 g/mol. The Balaban J connectivity index is 2.09. The molecule has 2 aromatic carbocycles. The van der Waals surface area contributed by atoms with E-state index in [0.29, 0.717) is 13.2 Å². The van der Waals surface area contributed by atoms with Crippen molar-refractivity contribution >= 4 is 0 Å². The summed E-state index contributed by atoms with van der Waals surface area (Å²) in [4.78, 5) is 0. The number of unbranched alkanes of at least 4 members (excludes halogenated alkanes) is 1. The Labute approximate surface area is 139 Å². The van der Waals surface area contributed by atoms with Crippen LogP contribution in [0.5, 0.6) is 11.5 Å². The highest BCUT2D eigenvalue weighted by atomic mass is 16.5. The lowest BCUT2D eigenvalue weighted by atomic mass is 10.0. The van der Waals surface area contributed by atoms with E-state index >= 15 is 0 Å². The minimum Gasteiger partial charge on any atom is -0.490 e. The first kappa shape index (κ1) is 17.4. The quantitative estimate of drug-likeness (QED) is 0.719. The molecule has 0 radical (unpaired) electrons. The second-order valence-corrected chi connectivity index (χ2v) is 5.66. The molecule has 0 heterocycles. The predicted octanol–water partition coefficient (Wildman–Crippen LogP) is 4.85. The van der Waals surface area contributed by atoms with E-state index in [-0.39, 0.29) is 6.04 Å². The molecule has 0 saturated heterocycles. The molecule has 0 bridgehead atoms. The fraction of sp³-hybridized carbons (Fsp3) is 0.400. The van der Waals surface area contributed by atoms with E-state index in [1.807, 2.05) is 43.3 Å². The molecular formula is C20H27NO2. The Morgan fingerprint density at radius 2 is 1.74 bits per heavy atom. The van der Waals surface area contributed by atoms with Crippen LogP contribution in [-0.2, 0) is 6.61 Å². The molecule has 3 nitrogen and oxygen atoms in total. The predicted molar refractivity (Wildman–Crippen MR) is 94.8 cm³/mol. The molecule has 23 heavy (non-hydrogen) atoms. The van der Waals surface area contributed by atoms with Gasteiger partial charge < -0.3 is 15.2 Å². The normalized spacial score (nSPS) is 12.0. The number of nitrogens with two attached hydrogens (primary N) is 1. The maximum Gasteiger partial charge on any atom is 0.161 e. The molecule has 2 rings (SSSR count). The average molecular weight is 313 g/mol. The third-order valence-corrected chi connectivity index (χ3v) is 3.80. The first-order chi connectivity index (χ1) is 11.2. The minimum absolute atomic E-state index is 0.0531. The Hall–Kier alpha value is -2.00. The van der Waals surface area contributed by atoms with Crippen LogP contribution in [0.3, 0.4) is 0 Å². The number of hydrogen-bond donors (Lipinski definition) is 1. The van der Waals surface area contributed by atoms with Crippen LogP contribution in [0.15, 0.2) is 48.5 Å². The van der Waals surface area contributed by atoms with Gasteiger partial charge in [-0.2, -0.15) is 0 Å². The Kier molecular flexibility index (Phi) is 6.95. The van der Waals surface area contributed by atoms with Gasteiger partial charge in [0.1, 0.15) is 6.61 Å². The zero-order chi connectivity index (χ0) is 16.5. The SMILES string of the molecule is CCCC[C@@H](N)c1ccc(OCc2ccccc2)c(OCC)c1. The summed E-state index contributed by atoms with van der Waals surface area (Å²) in [5.74, 6) is 1.54. The Morgan fingerprint density at radius 1 is 0.957 bits per heavy atom. The standard InChI is InChI=1S/C20H27NO2/c1-3-5-11-18(21)17-12-13-19(20(14-17)22-4-2)23-15-16-9-7-6-8-10-16/h6-10,12-14,18H,3-5,11,15,21H2,1-2H3/t18-/m1/s1. The summed E-state index contributed by atoms with van der Waals surface area (Å²) < 4.78 is 11.7. The summed E-state index contributed by atoms with van der Waals surface area (Å²) in [5.41, 5.74) is 8.51. The Morgan fingerprint density at radius 3 is 2.43 bits per heavy atom. The second kappa shape index (κ2) is 9.21. The van der Waals surface area contributed by atoms with Crippen LogP contribution in [0.2, 0.25) is 0 Å². The average Bonchev–Trinajstić information content (AvgIpc) is 2.59. The minimum atomic E-state index is 0.0531. The molecule has 0 unspecified atom stereocenters. The first-order valence-electron chi connectivity index (χ1n) is 8.43. The maximum atomic E-state index is 6.26. The van der Waals surface area contributed by atoms with Gasteiger partial charge in [-0.1, -0.05) is 56.2 Å². The first-order valence-corrected chi connectivity index (χ1v) is 8.43. The van der Waals surface area contributed by atoms with Crippen molar-refractivity contribution in [3.8, 4) is 11.5 Å². The molecule has 0 spiro atoms. The summed E-state index contributed by atoms with van der Waals surface area (Å²) >= 11 is 0. The molecule has 124 valence electrons. The zero-order valence-corrected chi connectivity index (χ0v) is 14.1. The third kappa shape index (κ3) is 5.29. The van der Waals surface area contributed by atoms with E-state index < -0.39 is 0 Å². The van der Waals surface area contributed by atoms with Crippen LogP contribution in [0.25, 0.3) is 0 Å². The smallest absolute Gasteiger partial charge is 0.161 e. The van der Waals surface area contributed by atoms with Crippen molar-refractivity contribution in [2.24, 2.45) is 5.73 Å². The van der Waals surface area contributed by atoms with Crippen molar-refractivity contribution in [1.29, 1.82) is 0 Å². The van der Waals surface area contributed by atoms with Crippen LogP contribution in [0, 0.1) is 0 Å². The summed E-state index contributed by atoms with van der Waals surface area (Å²) in [5, 5.41) is 0. The van der Waals surface area contributed by atoms with Gasteiger partial charge in [-0.25, -0.2) is 0 Å². The lowest BCUT2D eigenvalue weighted by molar-refractivity contribution is 0.269. The van der Waals surface area contributed by atoms with E-state index in [0.717, 1.165) is 41.9 Å². The molecule has 0 aliphatic carbocycles. The summed E-state index contributed by atoms with van der Waals surface area (Å²) in [7, 11) is 0. The van der Waals surface area contributed by atoms with E-state index in [9.17, 15) is 0 Å². The summed E-state index contributed by atoms with van der Waals surface area (Å²) in [6, 6.07) is 16.2. The second-order valence-electron chi connectivity index (χ2n) is 5.66. The van der Waals surface area contributed by atoms with Crippen molar-refractivity contribution in [3.63, 3.8) is 0 Å². The third-order valence-electron chi connectivity index (χ3n) is 3.80. The van der Waals surface area contributed by atoms with Crippen molar-refractivity contribution in [2.45, 2.75) is 45.8 Å². The Bertz CT molecular complexity index is 583. The van der Waals surface area contributed by atoms with Gasteiger partial charge in [-0.3, -0.25) is 0 Å². The highest BCUT2D eigenvalue weighted by molar-refractivity contribution is 5.44. The van der Waals surface area contributed by atoms with Crippen molar-refractivity contribution in [1.82, 2.24) is 0 Å². The highest BCUT2D eigenvalue weighted by Gasteiger charge is 2.11. The molecule has 0 aliphatic rings. The number of rotatable bonds is 9. The molecule has 0 aliphatic heterocycles. The molecule has 3 heteroatoms. The van der Waals surface area contributed by atoms with Crippen molar-refractivity contribution in [3.05, 3.63) is 59.7 Å². The van der Waals surface area contributed by atoms with E-state index in [1.54, 1.807) is 0 Å². The van der Waals surface area contributed by atoms with Crippen molar-refractivity contribution < 1.29 is 9.47 Å². The number of benzene rings is 2. The van der Waals surface area contributed by atoms with Gasteiger partial charge in [0.05, 0.1) is 6.61 Å². The molecule has 0 amide bonds. The van der Waals surface area contributed by atoms with Crippen LogP contribution >= 0.6 is 0 Å². The van der Waals surface area contributed by atoms with E-state index in [4.69, 9.17) is 15.2 Å². The van der Waals surface area contributed by atoms with E-state index in [1.165, 1.54) is 0 Å². The molecule has 2 aromatic rings. The molecule has 1 atom stereocenters. The number of hydrogen-bond acceptors (Lipinski definition) is 3. The number of ether oxygens (including phenoxy) is 2. The van der Waals surface area contributed by atoms with Gasteiger partial charge in [0, 0.05) is 6.04 Å². The topological polar surface area (TPSA) is 44.5 Å². The fourth-order valence-corrected chi connectivity index (χ4v) is 2.47. The molecule has 0 saturated carbocycles. The van der Waals surface area contributed by atoms with Gasteiger partial charge in [-0.05, 0) is 36.6 Å². The van der Waals surface area contributed by atoms with Crippen molar-refractivity contribution in [2.75, 3.05) is 6.61 Å². The van der Waals surface area contributed by atoms with Crippen LogP contribution in [-0.4, -0.2) is 6.61 Å². The van der Waals surface area contributed by atoms with Crippen LogP contribution in [0.4, 0.5) is 0 Å². The largest absolute Gasteiger partial charge is 0.490 e. The zero-order valence-electron chi connectivity index (χ0n) is 14.1. The lowest BCUT2D eigenvalue weighted by Crippen LogP contribution is -2.10. The molecule has 2 N–H and O–H groups in total.